The third kappa shape index (κ3) is 2.84. The summed E-state index contributed by atoms with van der Waals surface area (Å²) >= 11 is 0. The van der Waals surface area contributed by atoms with E-state index in [2.05, 4.69) is 10.2 Å². The van der Waals surface area contributed by atoms with E-state index in [0.717, 1.165) is 23.0 Å². The summed E-state index contributed by atoms with van der Waals surface area (Å²) < 4.78 is 3.63. The van der Waals surface area contributed by atoms with E-state index in [9.17, 15) is 9.59 Å². The molecule has 3 amide bonds. The van der Waals surface area contributed by atoms with Crippen LogP contribution in [0.15, 0.2) is 36.7 Å². The normalized spacial score (nSPS) is 19.7. The van der Waals surface area contributed by atoms with Crippen molar-refractivity contribution in [3.63, 3.8) is 0 Å². The Labute approximate surface area is 168 Å². The highest BCUT2D eigenvalue weighted by Crippen LogP contribution is 2.27. The number of aromatic nitrogens is 4. The van der Waals surface area contributed by atoms with Crippen molar-refractivity contribution in [2.45, 2.75) is 12.5 Å². The number of likely N-dealkylation sites (tertiary alicyclic amines) is 1. The number of rotatable bonds is 3. The first kappa shape index (κ1) is 17.7. The Hall–Kier alpha value is -3.36. The maximum absolute atomic E-state index is 13.1. The largest absolute Gasteiger partial charge is 0.335 e. The number of nitrogens with zero attached hydrogens (tertiary/aromatic N) is 7. The van der Waals surface area contributed by atoms with E-state index in [4.69, 9.17) is 0 Å². The van der Waals surface area contributed by atoms with E-state index in [1.54, 1.807) is 27.7 Å². The number of urea groups is 1. The van der Waals surface area contributed by atoms with Gasteiger partial charge in [0.1, 0.15) is 0 Å². The van der Waals surface area contributed by atoms with Gasteiger partial charge >= 0.3 is 6.03 Å². The van der Waals surface area contributed by atoms with Crippen LogP contribution in [-0.2, 0) is 7.05 Å². The Balaban J connectivity index is 1.33. The van der Waals surface area contributed by atoms with Gasteiger partial charge in [-0.25, -0.2) is 4.79 Å². The van der Waals surface area contributed by atoms with Crippen LogP contribution in [-0.4, -0.2) is 74.5 Å². The second kappa shape index (κ2) is 6.61. The SMILES string of the molecule is CN1CCN(c2cnn(C3CCN(C(=O)c4nn(C)c5ccccc45)C3)c2)C1=O. The van der Waals surface area contributed by atoms with Crippen molar-refractivity contribution in [2.24, 2.45) is 7.05 Å². The van der Waals surface area contributed by atoms with Crippen LogP contribution in [0.25, 0.3) is 10.9 Å². The lowest BCUT2D eigenvalue weighted by molar-refractivity contribution is 0.0782. The van der Waals surface area contributed by atoms with Crippen molar-refractivity contribution >= 4 is 28.5 Å². The Morgan fingerprint density at radius 1 is 1.14 bits per heavy atom. The quantitative estimate of drug-likeness (QED) is 0.679. The van der Waals surface area contributed by atoms with Crippen LogP contribution in [0.5, 0.6) is 0 Å². The number of anilines is 1. The van der Waals surface area contributed by atoms with Gasteiger partial charge in [-0.2, -0.15) is 10.2 Å². The minimum Gasteiger partial charge on any atom is -0.335 e. The van der Waals surface area contributed by atoms with E-state index in [1.165, 1.54) is 0 Å². The molecule has 0 saturated carbocycles. The van der Waals surface area contributed by atoms with Gasteiger partial charge in [0.25, 0.3) is 5.91 Å². The van der Waals surface area contributed by atoms with Gasteiger partial charge in [0.05, 0.1) is 23.4 Å². The zero-order valence-corrected chi connectivity index (χ0v) is 16.5. The number of aryl methyl sites for hydroxylation is 1. The van der Waals surface area contributed by atoms with Gasteiger partial charge in [0, 0.05) is 51.9 Å². The van der Waals surface area contributed by atoms with Crippen LogP contribution in [0.3, 0.4) is 0 Å². The molecule has 9 nitrogen and oxygen atoms in total. The second-order valence-electron chi connectivity index (χ2n) is 7.72. The first-order chi connectivity index (χ1) is 14.0. The number of carbonyl (C=O) groups excluding carboxylic acids is 2. The third-order valence-electron chi connectivity index (χ3n) is 5.90. The molecule has 29 heavy (non-hydrogen) atoms. The molecule has 1 atom stereocenters. The third-order valence-corrected chi connectivity index (χ3v) is 5.90. The summed E-state index contributed by atoms with van der Waals surface area (Å²) in [6.45, 7) is 2.63. The smallest absolute Gasteiger partial charge is 0.324 e. The fraction of sp³-hybridized carbons (Fsp3) is 0.400. The number of hydrogen-bond donors (Lipinski definition) is 0. The van der Waals surface area contributed by atoms with Gasteiger partial charge in [-0.1, -0.05) is 18.2 Å². The minimum atomic E-state index is -0.0481. The van der Waals surface area contributed by atoms with Crippen LogP contribution < -0.4 is 4.90 Å². The van der Waals surface area contributed by atoms with Crippen LogP contribution in [0.1, 0.15) is 23.0 Å². The number of carbonyl (C=O) groups is 2. The molecule has 9 heteroatoms. The fourth-order valence-corrected chi connectivity index (χ4v) is 4.22. The molecule has 4 heterocycles. The van der Waals surface area contributed by atoms with Crippen LogP contribution >= 0.6 is 0 Å². The molecule has 1 unspecified atom stereocenters. The minimum absolute atomic E-state index is 0.00481. The maximum atomic E-state index is 13.1. The van der Waals surface area contributed by atoms with Gasteiger partial charge in [-0.3, -0.25) is 19.1 Å². The summed E-state index contributed by atoms with van der Waals surface area (Å²) in [7, 11) is 3.66. The van der Waals surface area contributed by atoms with Crippen LogP contribution in [0.2, 0.25) is 0 Å². The number of para-hydroxylation sites is 1. The van der Waals surface area contributed by atoms with Gasteiger partial charge in [0.2, 0.25) is 0 Å². The lowest BCUT2D eigenvalue weighted by Gasteiger charge is -2.16. The summed E-state index contributed by atoms with van der Waals surface area (Å²) in [6.07, 6.45) is 4.46. The van der Waals surface area contributed by atoms with Gasteiger partial charge in [-0.05, 0) is 12.5 Å². The summed E-state index contributed by atoms with van der Waals surface area (Å²) in [5.74, 6) is -0.0481. The number of fused-ring (bicyclic) bond motifs is 1. The van der Waals surface area contributed by atoms with E-state index in [-0.39, 0.29) is 18.0 Å². The molecule has 1 aromatic carbocycles. The van der Waals surface area contributed by atoms with Crippen molar-refractivity contribution in [3.8, 4) is 0 Å². The highest BCUT2D eigenvalue weighted by Gasteiger charge is 2.32. The molecule has 0 bridgehead atoms. The zero-order chi connectivity index (χ0) is 20.1. The van der Waals surface area contributed by atoms with E-state index < -0.39 is 0 Å². The highest BCUT2D eigenvalue weighted by atomic mass is 16.2. The monoisotopic (exact) mass is 393 g/mol. The zero-order valence-electron chi connectivity index (χ0n) is 16.5. The number of amides is 3. The molecule has 0 radical (unpaired) electrons. The number of hydrogen-bond acceptors (Lipinski definition) is 4. The Morgan fingerprint density at radius 3 is 2.76 bits per heavy atom. The van der Waals surface area contributed by atoms with Crippen molar-refractivity contribution < 1.29 is 9.59 Å². The van der Waals surface area contributed by atoms with E-state index >= 15 is 0 Å². The molecule has 2 aromatic heterocycles. The Bertz CT molecular complexity index is 1100. The van der Waals surface area contributed by atoms with Gasteiger partial charge < -0.3 is 9.80 Å². The first-order valence-electron chi connectivity index (χ1n) is 9.81. The van der Waals surface area contributed by atoms with Crippen LogP contribution in [0.4, 0.5) is 10.5 Å². The predicted octanol–water partition coefficient (Wildman–Crippen LogP) is 1.73. The van der Waals surface area contributed by atoms with Crippen molar-refractivity contribution in [1.29, 1.82) is 0 Å². The lowest BCUT2D eigenvalue weighted by Crippen LogP contribution is -2.30. The van der Waals surface area contributed by atoms with Crippen molar-refractivity contribution in [1.82, 2.24) is 29.4 Å². The van der Waals surface area contributed by atoms with Gasteiger partial charge in [0.15, 0.2) is 5.69 Å². The first-order valence-corrected chi connectivity index (χ1v) is 9.81. The average molecular weight is 393 g/mol. The number of likely N-dealkylation sites (N-methyl/N-ethyl adjacent to an activating group) is 1. The molecule has 0 N–H and O–H groups in total. The molecule has 0 spiro atoms. The average Bonchev–Trinajstić information content (AvgIpc) is 3.50. The summed E-state index contributed by atoms with van der Waals surface area (Å²) in [6, 6.07) is 7.87. The summed E-state index contributed by atoms with van der Waals surface area (Å²) in [5.41, 5.74) is 2.25. The predicted molar refractivity (Wildman–Crippen MR) is 108 cm³/mol. The topological polar surface area (TPSA) is 79.5 Å². The van der Waals surface area contributed by atoms with Crippen molar-refractivity contribution in [2.75, 3.05) is 38.1 Å². The molecule has 2 saturated heterocycles. The van der Waals surface area contributed by atoms with E-state index in [0.29, 0.717) is 31.9 Å². The molecular weight excluding hydrogens is 370 g/mol. The Kier molecular flexibility index (Phi) is 4.04. The maximum Gasteiger partial charge on any atom is 0.324 e. The summed E-state index contributed by atoms with van der Waals surface area (Å²) in [4.78, 5) is 30.6. The van der Waals surface area contributed by atoms with E-state index in [1.807, 2.05) is 47.1 Å². The standard InChI is InChI=1S/C20H23N7O2/c1-23-9-10-26(20(23)29)15-11-21-27(13-15)14-7-8-25(12-14)19(28)18-16-5-3-4-6-17(16)24(2)22-18/h3-6,11,13-14H,7-10,12H2,1-2H3. The highest BCUT2D eigenvalue weighted by molar-refractivity contribution is 6.05. The fourth-order valence-electron chi connectivity index (χ4n) is 4.22. The second-order valence-corrected chi connectivity index (χ2v) is 7.72. The van der Waals surface area contributed by atoms with Gasteiger partial charge in [-0.15, -0.1) is 0 Å². The summed E-state index contributed by atoms with van der Waals surface area (Å²) in [5, 5.41) is 9.80. The molecule has 0 aliphatic carbocycles. The number of benzene rings is 1. The van der Waals surface area contributed by atoms with Crippen molar-refractivity contribution in [3.05, 3.63) is 42.4 Å². The molecular formula is C20H23N7O2. The molecule has 3 aromatic rings. The molecule has 2 fully saturated rings. The Morgan fingerprint density at radius 2 is 1.97 bits per heavy atom. The van der Waals surface area contributed by atoms with Crippen LogP contribution in [0, 0.1) is 0 Å². The molecule has 5 rings (SSSR count). The molecule has 150 valence electrons. The molecule has 2 aliphatic rings. The lowest BCUT2D eigenvalue weighted by atomic mass is 10.2. The molecule has 2 aliphatic heterocycles.